The van der Waals surface area contributed by atoms with Gasteiger partial charge in [0.2, 0.25) is 0 Å². The number of aryl methyl sites for hydroxylation is 1. The van der Waals surface area contributed by atoms with Gasteiger partial charge in [-0.25, -0.2) is 9.18 Å². The predicted octanol–water partition coefficient (Wildman–Crippen LogP) is 3.95. The van der Waals surface area contributed by atoms with E-state index in [0.717, 1.165) is 18.2 Å². The monoisotopic (exact) mass is 355 g/mol. The lowest BCUT2D eigenvalue weighted by atomic mass is 10.1. The van der Waals surface area contributed by atoms with Crippen LogP contribution in [0.3, 0.4) is 0 Å². The van der Waals surface area contributed by atoms with Crippen molar-refractivity contribution in [2.45, 2.75) is 13.1 Å². The Morgan fingerprint density at radius 3 is 2.44 bits per heavy atom. The molecule has 25 heavy (non-hydrogen) atoms. The zero-order valence-electron chi connectivity index (χ0n) is 13.0. The van der Waals surface area contributed by atoms with Crippen molar-refractivity contribution in [3.63, 3.8) is 0 Å². The Balaban J connectivity index is 1.99. The van der Waals surface area contributed by atoms with E-state index in [4.69, 9.17) is 0 Å². The Morgan fingerprint density at radius 1 is 1.12 bits per heavy atom. The second-order valence-corrected chi connectivity index (χ2v) is 5.13. The van der Waals surface area contributed by atoms with E-state index in [1.807, 2.05) is 5.32 Å². The van der Waals surface area contributed by atoms with Gasteiger partial charge in [0.05, 0.1) is 16.8 Å². The first-order valence-corrected chi connectivity index (χ1v) is 7.08. The van der Waals surface area contributed by atoms with Crippen molar-refractivity contribution >= 4 is 17.6 Å². The first kappa shape index (κ1) is 18.4. The standard InChI is InChI=1S/C17H13F4NO3/c1-10-6-7-11(8-13(10)18)16(24)25-9-15(23)22-14-5-3-2-4-12(14)17(19,20)21/h2-8H,9H2,1H3,(H,22,23). The Bertz CT molecular complexity index is 803. The van der Waals surface area contributed by atoms with Gasteiger partial charge in [0.15, 0.2) is 6.61 Å². The highest BCUT2D eigenvalue weighted by Gasteiger charge is 2.33. The van der Waals surface area contributed by atoms with Gasteiger partial charge in [-0.15, -0.1) is 0 Å². The summed E-state index contributed by atoms with van der Waals surface area (Å²) in [5, 5.41) is 2.03. The predicted molar refractivity (Wildman–Crippen MR) is 81.5 cm³/mol. The smallest absolute Gasteiger partial charge is 0.418 e. The molecule has 2 aromatic carbocycles. The average molecular weight is 355 g/mol. The van der Waals surface area contributed by atoms with Gasteiger partial charge in [0.25, 0.3) is 5.91 Å². The second kappa shape index (κ2) is 7.33. The molecule has 1 amide bonds. The fourth-order valence-corrected chi connectivity index (χ4v) is 1.96. The van der Waals surface area contributed by atoms with E-state index in [0.29, 0.717) is 5.56 Å². The maximum Gasteiger partial charge on any atom is 0.418 e. The number of benzene rings is 2. The van der Waals surface area contributed by atoms with Crippen LogP contribution in [-0.4, -0.2) is 18.5 Å². The zero-order valence-corrected chi connectivity index (χ0v) is 13.0. The first-order valence-electron chi connectivity index (χ1n) is 7.08. The number of alkyl halides is 3. The molecule has 4 nitrogen and oxygen atoms in total. The third-order valence-corrected chi connectivity index (χ3v) is 3.25. The fourth-order valence-electron chi connectivity index (χ4n) is 1.96. The van der Waals surface area contributed by atoms with Crippen LogP contribution >= 0.6 is 0 Å². The maximum absolute atomic E-state index is 13.4. The largest absolute Gasteiger partial charge is 0.452 e. The van der Waals surface area contributed by atoms with Crippen molar-refractivity contribution in [1.29, 1.82) is 0 Å². The number of ether oxygens (including phenoxy) is 1. The normalized spacial score (nSPS) is 11.1. The van der Waals surface area contributed by atoms with Crippen LogP contribution in [0.1, 0.15) is 21.5 Å². The number of para-hydroxylation sites is 1. The van der Waals surface area contributed by atoms with E-state index in [1.54, 1.807) is 0 Å². The van der Waals surface area contributed by atoms with Gasteiger partial charge in [-0.3, -0.25) is 4.79 Å². The van der Waals surface area contributed by atoms with E-state index in [-0.39, 0.29) is 5.56 Å². The number of amides is 1. The molecule has 0 radical (unpaired) electrons. The molecule has 0 saturated heterocycles. The van der Waals surface area contributed by atoms with E-state index in [2.05, 4.69) is 4.74 Å². The minimum absolute atomic E-state index is 0.105. The molecule has 0 aliphatic rings. The van der Waals surface area contributed by atoms with Gasteiger partial charge in [-0.2, -0.15) is 13.2 Å². The Labute approximate surface area is 140 Å². The number of rotatable bonds is 4. The number of halogens is 4. The molecule has 8 heteroatoms. The number of carbonyl (C=O) groups excluding carboxylic acids is 2. The van der Waals surface area contributed by atoms with Gasteiger partial charge in [0.1, 0.15) is 5.82 Å². The summed E-state index contributed by atoms with van der Waals surface area (Å²) in [6.07, 6.45) is -4.64. The van der Waals surface area contributed by atoms with Crippen molar-refractivity contribution in [3.05, 3.63) is 65.0 Å². The molecule has 2 rings (SSSR count). The molecule has 0 heterocycles. The number of hydrogen-bond donors (Lipinski definition) is 1. The third kappa shape index (κ3) is 4.79. The summed E-state index contributed by atoms with van der Waals surface area (Å²) in [6, 6.07) is 8.04. The van der Waals surface area contributed by atoms with Crippen molar-refractivity contribution in [3.8, 4) is 0 Å². The lowest BCUT2D eigenvalue weighted by Gasteiger charge is -2.13. The lowest BCUT2D eigenvalue weighted by Crippen LogP contribution is -2.22. The van der Waals surface area contributed by atoms with E-state index < -0.39 is 41.7 Å². The highest BCUT2D eigenvalue weighted by molar-refractivity contribution is 5.96. The van der Waals surface area contributed by atoms with Crippen molar-refractivity contribution < 1.29 is 31.9 Å². The molecule has 0 unspecified atom stereocenters. The number of anilines is 1. The number of carbonyl (C=O) groups is 2. The lowest BCUT2D eigenvalue weighted by molar-refractivity contribution is -0.137. The first-order chi connectivity index (χ1) is 11.7. The van der Waals surface area contributed by atoms with Crippen LogP contribution in [0.2, 0.25) is 0 Å². The summed E-state index contributed by atoms with van der Waals surface area (Å²) in [6.45, 7) is 0.705. The highest BCUT2D eigenvalue weighted by atomic mass is 19.4. The molecule has 0 spiro atoms. The van der Waals surface area contributed by atoms with Crippen molar-refractivity contribution in [2.24, 2.45) is 0 Å². The molecule has 0 bridgehead atoms. The summed E-state index contributed by atoms with van der Waals surface area (Å²) >= 11 is 0. The molecule has 0 atom stereocenters. The molecule has 0 fully saturated rings. The Morgan fingerprint density at radius 2 is 1.80 bits per heavy atom. The van der Waals surface area contributed by atoms with Gasteiger partial charge in [-0.1, -0.05) is 18.2 Å². The number of nitrogens with one attached hydrogen (secondary N) is 1. The molecule has 0 aliphatic heterocycles. The van der Waals surface area contributed by atoms with Gasteiger partial charge >= 0.3 is 12.1 Å². The summed E-state index contributed by atoms with van der Waals surface area (Å²) in [5.41, 5.74) is -1.24. The number of esters is 1. The molecule has 1 N–H and O–H groups in total. The minimum Gasteiger partial charge on any atom is -0.452 e. The summed E-state index contributed by atoms with van der Waals surface area (Å²) < 4.78 is 56.6. The van der Waals surface area contributed by atoms with Crippen LogP contribution in [-0.2, 0) is 15.7 Å². The van der Waals surface area contributed by atoms with Crippen LogP contribution in [0.15, 0.2) is 42.5 Å². The maximum atomic E-state index is 13.4. The average Bonchev–Trinajstić information content (AvgIpc) is 2.54. The van der Waals surface area contributed by atoms with Crippen LogP contribution in [0.25, 0.3) is 0 Å². The van der Waals surface area contributed by atoms with Crippen LogP contribution in [0.4, 0.5) is 23.2 Å². The summed E-state index contributed by atoms with van der Waals surface area (Å²) in [7, 11) is 0. The van der Waals surface area contributed by atoms with E-state index in [9.17, 15) is 27.2 Å². The number of hydrogen-bond acceptors (Lipinski definition) is 3. The second-order valence-electron chi connectivity index (χ2n) is 5.13. The van der Waals surface area contributed by atoms with Gasteiger partial charge in [0, 0.05) is 0 Å². The Hall–Kier alpha value is -2.90. The minimum atomic E-state index is -4.64. The molecule has 0 aromatic heterocycles. The quantitative estimate of drug-likeness (QED) is 0.667. The van der Waals surface area contributed by atoms with E-state index in [1.165, 1.54) is 31.2 Å². The molecule has 2 aromatic rings. The fraction of sp³-hybridized carbons (Fsp3) is 0.176. The topological polar surface area (TPSA) is 55.4 Å². The summed E-state index contributed by atoms with van der Waals surface area (Å²) in [5.74, 6) is -2.52. The van der Waals surface area contributed by atoms with Crippen LogP contribution in [0.5, 0.6) is 0 Å². The summed E-state index contributed by atoms with van der Waals surface area (Å²) in [4.78, 5) is 23.5. The molecular weight excluding hydrogens is 342 g/mol. The molecule has 0 saturated carbocycles. The SMILES string of the molecule is Cc1ccc(C(=O)OCC(=O)Nc2ccccc2C(F)(F)F)cc1F. The van der Waals surface area contributed by atoms with E-state index >= 15 is 0 Å². The molecule has 0 aliphatic carbocycles. The van der Waals surface area contributed by atoms with Crippen LogP contribution < -0.4 is 5.32 Å². The Kier molecular flexibility index (Phi) is 5.41. The zero-order chi connectivity index (χ0) is 18.6. The molecular formula is C17H13F4NO3. The highest BCUT2D eigenvalue weighted by Crippen LogP contribution is 2.34. The third-order valence-electron chi connectivity index (χ3n) is 3.25. The van der Waals surface area contributed by atoms with Crippen molar-refractivity contribution in [1.82, 2.24) is 0 Å². The molecule has 132 valence electrons. The van der Waals surface area contributed by atoms with Gasteiger partial charge < -0.3 is 10.1 Å². The van der Waals surface area contributed by atoms with Crippen molar-refractivity contribution in [2.75, 3.05) is 11.9 Å². The van der Waals surface area contributed by atoms with Crippen LogP contribution in [0, 0.1) is 12.7 Å². The van der Waals surface area contributed by atoms with Gasteiger partial charge in [-0.05, 0) is 36.8 Å².